The zero-order chi connectivity index (χ0) is 10.7. The average Bonchev–Trinajstić information content (AvgIpc) is 2.12. The van der Waals surface area contributed by atoms with Gasteiger partial charge in [-0.1, -0.05) is 12.1 Å². The van der Waals surface area contributed by atoms with Crippen molar-refractivity contribution in [3.05, 3.63) is 35.1 Å². The normalized spacial score (nSPS) is 12.5. The van der Waals surface area contributed by atoms with Crippen molar-refractivity contribution >= 4 is 5.97 Å². The number of halogens is 1. The summed E-state index contributed by atoms with van der Waals surface area (Å²) in [7, 11) is 0. The van der Waals surface area contributed by atoms with Crippen LogP contribution in [0, 0.1) is 12.7 Å². The summed E-state index contributed by atoms with van der Waals surface area (Å²) >= 11 is 0. The molecule has 14 heavy (non-hydrogen) atoms. The Bertz CT molecular complexity index is 352. The molecule has 0 radical (unpaired) electrons. The molecule has 0 aromatic heterocycles. The number of hydrogen-bond donors (Lipinski definition) is 2. The Kier molecular flexibility index (Phi) is 3.19. The summed E-state index contributed by atoms with van der Waals surface area (Å²) in [5.74, 6) is -1.41. The smallest absolute Gasteiger partial charge is 0.320 e. The first-order valence-electron chi connectivity index (χ1n) is 4.24. The van der Waals surface area contributed by atoms with Crippen molar-refractivity contribution in [2.24, 2.45) is 5.73 Å². The summed E-state index contributed by atoms with van der Waals surface area (Å²) in [5, 5.41) is 8.58. The second-order valence-corrected chi connectivity index (χ2v) is 3.17. The van der Waals surface area contributed by atoms with Crippen LogP contribution in [0.25, 0.3) is 0 Å². The first-order chi connectivity index (χ1) is 6.52. The maximum Gasteiger partial charge on any atom is 0.320 e. The fourth-order valence-electron chi connectivity index (χ4n) is 1.20. The van der Waals surface area contributed by atoms with Crippen molar-refractivity contribution in [1.29, 1.82) is 0 Å². The number of carbonyl (C=O) groups is 1. The Balaban J connectivity index is 2.87. The van der Waals surface area contributed by atoms with Gasteiger partial charge in [0.25, 0.3) is 0 Å². The lowest BCUT2D eigenvalue weighted by Crippen LogP contribution is -2.32. The van der Waals surface area contributed by atoms with Crippen molar-refractivity contribution in [3.63, 3.8) is 0 Å². The fraction of sp³-hybridized carbons (Fsp3) is 0.300. The molecule has 0 saturated carbocycles. The molecule has 0 saturated heterocycles. The van der Waals surface area contributed by atoms with Gasteiger partial charge in [-0.15, -0.1) is 0 Å². The number of benzene rings is 1. The zero-order valence-electron chi connectivity index (χ0n) is 7.83. The van der Waals surface area contributed by atoms with Crippen molar-refractivity contribution in [2.75, 3.05) is 0 Å². The van der Waals surface area contributed by atoms with Crippen LogP contribution < -0.4 is 5.73 Å². The van der Waals surface area contributed by atoms with E-state index in [1.807, 2.05) is 0 Å². The number of hydrogen-bond acceptors (Lipinski definition) is 2. The van der Waals surface area contributed by atoms with E-state index in [9.17, 15) is 9.18 Å². The van der Waals surface area contributed by atoms with Crippen LogP contribution in [0.5, 0.6) is 0 Å². The number of carboxylic acid groups (broad SMARTS) is 1. The van der Waals surface area contributed by atoms with Crippen LogP contribution in [0.15, 0.2) is 18.2 Å². The van der Waals surface area contributed by atoms with E-state index in [0.717, 1.165) is 0 Å². The molecule has 0 bridgehead atoms. The third-order valence-corrected chi connectivity index (χ3v) is 2.14. The van der Waals surface area contributed by atoms with Crippen molar-refractivity contribution in [2.45, 2.75) is 19.4 Å². The van der Waals surface area contributed by atoms with Crippen LogP contribution in [0.1, 0.15) is 11.1 Å². The molecule has 1 atom stereocenters. The van der Waals surface area contributed by atoms with E-state index >= 15 is 0 Å². The van der Waals surface area contributed by atoms with Gasteiger partial charge in [0.1, 0.15) is 11.9 Å². The van der Waals surface area contributed by atoms with Crippen molar-refractivity contribution < 1.29 is 14.3 Å². The largest absolute Gasteiger partial charge is 0.480 e. The summed E-state index contributed by atoms with van der Waals surface area (Å²) in [4.78, 5) is 10.5. The van der Waals surface area contributed by atoms with E-state index in [1.165, 1.54) is 6.07 Å². The number of carboxylic acids is 1. The standard InChI is InChI=1S/C10H12FNO2/c1-6-7(3-2-4-8(6)11)5-9(12)10(13)14/h2-4,9H,5,12H2,1H3,(H,13,14). The van der Waals surface area contributed by atoms with E-state index in [2.05, 4.69) is 0 Å². The van der Waals surface area contributed by atoms with Gasteiger partial charge in [0.05, 0.1) is 0 Å². The predicted octanol–water partition coefficient (Wildman–Crippen LogP) is 1.09. The quantitative estimate of drug-likeness (QED) is 0.762. The topological polar surface area (TPSA) is 63.3 Å². The second kappa shape index (κ2) is 4.19. The van der Waals surface area contributed by atoms with Gasteiger partial charge in [-0.25, -0.2) is 4.39 Å². The van der Waals surface area contributed by atoms with E-state index < -0.39 is 12.0 Å². The maximum atomic E-state index is 13.0. The van der Waals surface area contributed by atoms with E-state index in [1.54, 1.807) is 19.1 Å². The van der Waals surface area contributed by atoms with Crippen molar-refractivity contribution in [1.82, 2.24) is 0 Å². The van der Waals surface area contributed by atoms with E-state index in [0.29, 0.717) is 11.1 Å². The molecule has 1 aromatic carbocycles. The van der Waals surface area contributed by atoms with E-state index in [4.69, 9.17) is 10.8 Å². The highest BCUT2D eigenvalue weighted by Crippen LogP contribution is 2.13. The Hall–Kier alpha value is -1.42. The highest BCUT2D eigenvalue weighted by Gasteiger charge is 2.14. The summed E-state index contributed by atoms with van der Waals surface area (Å²) in [5.41, 5.74) is 6.45. The molecule has 3 nitrogen and oxygen atoms in total. The molecule has 0 aliphatic carbocycles. The molecule has 0 spiro atoms. The Labute approximate surface area is 81.4 Å². The van der Waals surface area contributed by atoms with Gasteiger partial charge in [0.15, 0.2) is 0 Å². The minimum atomic E-state index is -1.08. The Morgan fingerprint density at radius 2 is 2.29 bits per heavy atom. The summed E-state index contributed by atoms with van der Waals surface area (Å²) in [6.07, 6.45) is 0.152. The van der Waals surface area contributed by atoms with Gasteiger partial charge in [0, 0.05) is 0 Å². The Morgan fingerprint density at radius 3 is 2.86 bits per heavy atom. The fourth-order valence-corrected chi connectivity index (χ4v) is 1.20. The molecular weight excluding hydrogens is 185 g/mol. The van der Waals surface area contributed by atoms with Crippen LogP contribution in [0.3, 0.4) is 0 Å². The van der Waals surface area contributed by atoms with Gasteiger partial charge >= 0.3 is 5.97 Å². The lowest BCUT2D eigenvalue weighted by Gasteiger charge is -2.09. The second-order valence-electron chi connectivity index (χ2n) is 3.17. The molecule has 3 N–H and O–H groups in total. The van der Waals surface area contributed by atoms with E-state index in [-0.39, 0.29) is 12.2 Å². The summed E-state index contributed by atoms with van der Waals surface area (Å²) in [6, 6.07) is 3.59. The van der Waals surface area contributed by atoms with Crippen LogP contribution in [0.2, 0.25) is 0 Å². The average molecular weight is 197 g/mol. The highest BCUT2D eigenvalue weighted by molar-refractivity contribution is 5.73. The van der Waals surface area contributed by atoms with Crippen LogP contribution in [-0.2, 0) is 11.2 Å². The number of rotatable bonds is 3. The third-order valence-electron chi connectivity index (χ3n) is 2.14. The summed E-state index contributed by atoms with van der Waals surface area (Å²) in [6.45, 7) is 1.61. The summed E-state index contributed by atoms with van der Waals surface area (Å²) < 4.78 is 13.0. The number of nitrogens with two attached hydrogens (primary N) is 1. The monoisotopic (exact) mass is 197 g/mol. The molecule has 0 heterocycles. The minimum Gasteiger partial charge on any atom is -0.480 e. The van der Waals surface area contributed by atoms with Crippen LogP contribution in [0.4, 0.5) is 4.39 Å². The minimum absolute atomic E-state index is 0.152. The molecule has 4 heteroatoms. The maximum absolute atomic E-state index is 13.0. The zero-order valence-corrected chi connectivity index (χ0v) is 7.83. The number of aliphatic carboxylic acids is 1. The molecular formula is C10H12FNO2. The molecule has 1 unspecified atom stereocenters. The van der Waals surface area contributed by atoms with Gasteiger partial charge in [-0.05, 0) is 30.5 Å². The van der Waals surface area contributed by atoms with Gasteiger partial charge in [-0.2, -0.15) is 0 Å². The molecule has 1 rings (SSSR count). The molecule has 0 fully saturated rings. The lowest BCUT2D eigenvalue weighted by atomic mass is 10.0. The molecule has 0 aliphatic rings. The predicted molar refractivity (Wildman–Crippen MR) is 50.5 cm³/mol. The van der Waals surface area contributed by atoms with Gasteiger partial charge < -0.3 is 10.8 Å². The molecule has 0 amide bonds. The molecule has 0 aliphatic heterocycles. The highest BCUT2D eigenvalue weighted by atomic mass is 19.1. The SMILES string of the molecule is Cc1c(F)cccc1CC(N)C(=O)O. The van der Waals surface area contributed by atoms with Crippen molar-refractivity contribution in [3.8, 4) is 0 Å². The lowest BCUT2D eigenvalue weighted by molar-refractivity contribution is -0.138. The first-order valence-corrected chi connectivity index (χ1v) is 4.24. The molecule has 1 aromatic rings. The molecule has 76 valence electrons. The third kappa shape index (κ3) is 2.29. The van der Waals surface area contributed by atoms with Gasteiger partial charge in [-0.3, -0.25) is 4.79 Å². The van der Waals surface area contributed by atoms with Gasteiger partial charge in [0.2, 0.25) is 0 Å². The Morgan fingerprint density at radius 1 is 1.64 bits per heavy atom. The van der Waals surface area contributed by atoms with Crippen LogP contribution >= 0.6 is 0 Å². The first kappa shape index (κ1) is 10.7. The van der Waals surface area contributed by atoms with Crippen LogP contribution in [-0.4, -0.2) is 17.1 Å².